The van der Waals surface area contributed by atoms with Gasteiger partial charge >= 0.3 is 0 Å². The highest BCUT2D eigenvalue weighted by molar-refractivity contribution is 5.85. The van der Waals surface area contributed by atoms with E-state index in [9.17, 15) is 15.0 Å². The number of fused-ring (bicyclic) bond motifs is 5. The normalized spacial score (nSPS) is 45.8. The number of carbonyl (C=O) groups is 1. The SMILES string of the molecule is CC(C)[C@@H](C)CC(OCO)[C@@H](C)C1CC(=O)C2C3CCC4C[C@@H](O)CC[C@]4(C)C3CC[C@@]21C. The molecule has 0 aromatic rings. The molecule has 0 aliphatic heterocycles. The summed E-state index contributed by atoms with van der Waals surface area (Å²) in [5.74, 6) is 4.16. The number of aliphatic hydroxyl groups excluding tert-OH is 2. The lowest BCUT2D eigenvalue weighted by Crippen LogP contribution is -2.55. The van der Waals surface area contributed by atoms with Crippen molar-refractivity contribution in [1.82, 2.24) is 0 Å². The van der Waals surface area contributed by atoms with Crippen LogP contribution in [0.3, 0.4) is 0 Å². The molecular formula is C29H50O4. The number of hydrogen-bond acceptors (Lipinski definition) is 4. The lowest BCUT2D eigenvalue weighted by molar-refractivity contribution is -0.150. The molecule has 6 unspecified atom stereocenters. The second-order valence-corrected chi connectivity index (χ2v) is 13.4. The fraction of sp³-hybridized carbons (Fsp3) is 0.966. The standard InChI is InChI=1S/C29H50O4/c1-17(2)18(3)13-26(33-16-30)19(4)24-15-25(32)27-22-8-7-20-14-21(31)9-11-28(20,5)23(22)10-12-29(24,27)6/h17-24,26-27,30-31H,7-16H2,1-6H3/t18-,19-,20?,21-,22?,23?,24?,26?,27?,28-,29+/m0/s1. The molecule has 0 spiro atoms. The van der Waals surface area contributed by atoms with Crippen LogP contribution in [0.15, 0.2) is 0 Å². The number of ketones is 1. The third kappa shape index (κ3) is 4.35. The van der Waals surface area contributed by atoms with Crippen molar-refractivity contribution in [2.24, 2.45) is 58.2 Å². The van der Waals surface area contributed by atoms with Crippen molar-refractivity contribution < 1.29 is 19.7 Å². The minimum Gasteiger partial charge on any atom is -0.393 e. The van der Waals surface area contributed by atoms with E-state index in [0.717, 1.165) is 38.5 Å². The summed E-state index contributed by atoms with van der Waals surface area (Å²) in [6.07, 6.45) is 9.23. The first-order valence-electron chi connectivity index (χ1n) is 14.0. The molecule has 4 aliphatic rings. The summed E-state index contributed by atoms with van der Waals surface area (Å²) in [5, 5.41) is 19.9. The molecule has 4 rings (SSSR count). The number of carbonyl (C=O) groups excluding carboxylic acids is 1. The Bertz CT molecular complexity index is 706. The van der Waals surface area contributed by atoms with Gasteiger partial charge in [-0.25, -0.2) is 0 Å². The molecule has 11 atom stereocenters. The molecule has 33 heavy (non-hydrogen) atoms. The van der Waals surface area contributed by atoms with Crippen LogP contribution in [0.2, 0.25) is 0 Å². The Balaban J connectivity index is 1.56. The van der Waals surface area contributed by atoms with Crippen LogP contribution in [-0.4, -0.2) is 35.0 Å². The van der Waals surface area contributed by atoms with Gasteiger partial charge in [-0.2, -0.15) is 0 Å². The van der Waals surface area contributed by atoms with E-state index in [1.54, 1.807) is 0 Å². The molecule has 0 bridgehead atoms. The van der Waals surface area contributed by atoms with E-state index in [1.807, 2.05) is 0 Å². The van der Waals surface area contributed by atoms with Gasteiger partial charge in [-0.3, -0.25) is 4.79 Å². The Kier molecular flexibility index (Phi) is 7.41. The van der Waals surface area contributed by atoms with Crippen molar-refractivity contribution in [3.8, 4) is 0 Å². The Labute approximate surface area is 202 Å². The molecule has 0 heterocycles. The number of ether oxygens (including phenoxy) is 1. The van der Waals surface area contributed by atoms with Gasteiger partial charge in [-0.05, 0) is 104 Å². The van der Waals surface area contributed by atoms with Crippen molar-refractivity contribution in [1.29, 1.82) is 0 Å². The zero-order chi connectivity index (χ0) is 24.1. The predicted molar refractivity (Wildman–Crippen MR) is 131 cm³/mol. The Morgan fingerprint density at radius 2 is 1.73 bits per heavy atom. The summed E-state index contributed by atoms with van der Waals surface area (Å²) in [6, 6.07) is 0. The highest BCUT2D eigenvalue weighted by Crippen LogP contribution is 2.67. The van der Waals surface area contributed by atoms with Crippen molar-refractivity contribution in [2.75, 3.05) is 6.79 Å². The molecular weight excluding hydrogens is 412 g/mol. The van der Waals surface area contributed by atoms with Gasteiger partial charge in [-0.15, -0.1) is 0 Å². The molecule has 0 aromatic carbocycles. The minimum absolute atomic E-state index is 0.00610. The van der Waals surface area contributed by atoms with Gasteiger partial charge in [0.05, 0.1) is 12.2 Å². The second-order valence-electron chi connectivity index (χ2n) is 13.4. The molecule has 190 valence electrons. The molecule has 4 nitrogen and oxygen atoms in total. The van der Waals surface area contributed by atoms with Gasteiger partial charge in [0.15, 0.2) is 0 Å². The zero-order valence-electron chi connectivity index (χ0n) is 22.1. The third-order valence-electron chi connectivity index (χ3n) is 11.7. The maximum absolute atomic E-state index is 13.7. The van der Waals surface area contributed by atoms with Crippen LogP contribution in [-0.2, 0) is 9.53 Å². The number of aliphatic hydroxyl groups is 2. The van der Waals surface area contributed by atoms with Crippen molar-refractivity contribution in [3.63, 3.8) is 0 Å². The first-order chi connectivity index (χ1) is 15.5. The highest BCUT2D eigenvalue weighted by Gasteiger charge is 2.63. The van der Waals surface area contributed by atoms with E-state index in [0.29, 0.717) is 53.1 Å². The summed E-state index contributed by atoms with van der Waals surface area (Å²) >= 11 is 0. The Hall–Kier alpha value is -0.450. The first-order valence-corrected chi connectivity index (χ1v) is 14.0. The summed E-state index contributed by atoms with van der Waals surface area (Å²) in [4.78, 5) is 13.7. The topological polar surface area (TPSA) is 66.8 Å². The molecule has 4 heteroatoms. The predicted octanol–water partition coefficient (Wildman–Crippen LogP) is 5.84. The lowest BCUT2D eigenvalue weighted by Gasteiger charge is -2.60. The number of hydrogen-bond donors (Lipinski definition) is 2. The average molecular weight is 463 g/mol. The first kappa shape index (κ1) is 25.6. The molecule has 4 fully saturated rings. The summed E-state index contributed by atoms with van der Waals surface area (Å²) in [5.41, 5.74) is 0.343. The van der Waals surface area contributed by atoms with Crippen molar-refractivity contribution in [2.45, 2.75) is 112 Å². The van der Waals surface area contributed by atoms with Crippen molar-refractivity contribution >= 4 is 5.78 Å². The van der Waals surface area contributed by atoms with E-state index in [2.05, 4.69) is 41.5 Å². The third-order valence-corrected chi connectivity index (χ3v) is 11.7. The van der Waals surface area contributed by atoms with Gasteiger partial charge in [0, 0.05) is 12.3 Å². The summed E-state index contributed by atoms with van der Waals surface area (Å²) in [7, 11) is 0. The quantitative estimate of drug-likeness (QED) is 0.467. The van der Waals surface area contributed by atoms with Crippen LogP contribution in [0.1, 0.15) is 99.3 Å². The van der Waals surface area contributed by atoms with Crippen LogP contribution >= 0.6 is 0 Å². The molecule has 0 amide bonds. The van der Waals surface area contributed by atoms with E-state index in [1.165, 1.54) is 12.8 Å². The average Bonchev–Trinajstić information content (AvgIpc) is 3.04. The van der Waals surface area contributed by atoms with Crippen LogP contribution in [0.4, 0.5) is 0 Å². The van der Waals surface area contributed by atoms with Gasteiger partial charge in [0.2, 0.25) is 0 Å². The molecule has 0 radical (unpaired) electrons. The molecule has 4 saturated carbocycles. The highest BCUT2D eigenvalue weighted by atomic mass is 16.6. The van der Waals surface area contributed by atoms with Gasteiger partial charge in [0.25, 0.3) is 0 Å². The van der Waals surface area contributed by atoms with E-state index in [4.69, 9.17) is 4.74 Å². The lowest BCUT2D eigenvalue weighted by atomic mass is 9.44. The molecule has 0 saturated heterocycles. The number of Topliss-reactive ketones (excluding diaryl/α,β-unsaturated/α-hetero) is 1. The maximum atomic E-state index is 13.7. The summed E-state index contributed by atoms with van der Waals surface area (Å²) < 4.78 is 5.92. The van der Waals surface area contributed by atoms with Crippen LogP contribution in [0.25, 0.3) is 0 Å². The van der Waals surface area contributed by atoms with Gasteiger partial charge < -0.3 is 14.9 Å². The number of rotatable bonds is 7. The second kappa shape index (κ2) is 9.54. The van der Waals surface area contributed by atoms with Gasteiger partial charge in [0.1, 0.15) is 12.6 Å². The Morgan fingerprint density at radius 1 is 1.03 bits per heavy atom. The van der Waals surface area contributed by atoms with Gasteiger partial charge in [-0.1, -0.05) is 41.5 Å². The minimum atomic E-state index is -0.239. The largest absolute Gasteiger partial charge is 0.393 e. The van der Waals surface area contributed by atoms with E-state index in [-0.39, 0.29) is 36.3 Å². The fourth-order valence-electron chi connectivity index (χ4n) is 9.28. The van der Waals surface area contributed by atoms with Crippen LogP contribution in [0.5, 0.6) is 0 Å². The molecule has 0 aromatic heterocycles. The van der Waals surface area contributed by atoms with Crippen molar-refractivity contribution in [3.05, 3.63) is 0 Å². The Morgan fingerprint density at radius 3 is 2.39 bits per heavy atom. The van der Waals surface area contributed by atoms with E-state index < -0.39 is 0 Å². The van der Waals surface area contributed by atoms with E-state index >= 15 is 0 Å². The molecule has 2 N–H and O–H groups in total. The van der Waals surface area contributed by atoms with Crippen LogP contribution in [0, 0.1) is 58.2 Å². The summed E-state index contributed by atoms with van der Waals surface area (Å²) in [6.45, 7) is 13.7. The monoisotopic (exact) mass is 462 g/mol. The zero-order valence-corrected chi connectivity index (χ0v) is 22.1. The maximum Gasteiger partial charge on any atom is 0.143 e. The van der Waals surface area contributed by atoms with Crippen LogP contribution < -0.4 is 0 Å². The fourth-order valence-corrected chi connectivity index (χ4v) is 9.28. The molecule has 4 aliphatic carbocycles. The smallest absolute Gasteiger partial charge is 0.143 e.